The van der Waals surface area contributed by atoms with Crippen LogP contribution in [-0.2, 0) is 0 Å². The van der Waals surface area contributed by atoms with Gasteiger partial charge in [0.1, 0.15) is 0 Å². The minimum Gasteiger partial charge on any atom is -0.355 e. The van der Waals surface area contributed by atoms with E-state index in [1.807, 2.05) is 30.3 Å². The maximum absolute atomic E-state index is 15.3. The van der Waals surface area contributed by atoms with Gasteiger partial charge in [0.15, 0.2) is 17.3 Å². The third-order valence-electron chi connectivity index (χ3n) is 9.68. The zero-order chi connectivity index (χ0) is 38.2. The number of benzene rings is 4. The molecule has 0 spiro atoms. The summed E-state index contributed by atoms with van der Waals surface area (Å²) in [5, 5.41) is 0. The summed E-state index contributed by atoms with van der Waals surface area (Å²) in [4.78, 5) is 74.0. The van der Waals surface area contributed by atoms with Gasteiger partial charge in [-0.2, -0.15) is 0 Å². The zero-order valence-electron chi connectivity index (χ0n) is 29.7. The molecule has 0 aliphatic carbocycles. The van der Waals surface area contributed by atoms with E-state index in [4.69, 9.17) is 9.97 Å². The molecule has 2 aliphatic rings. The van der Waals surface area contributed by atoms with Crippen molar-refractivity contribution in [1.82, 2.24) is 19.5 Å². The van der Waals surface area contributed by atoms with E-state index in [0.29, 0.717) is 22.6 Å². The first kappa shape index (κ1) is 34.0. The van der Waals surface area contributed by atoms with Gasteiger partial charge in [0.05, 0.1) is 50.5 Å². The number of aromatic nitrogens is 4. The van der Waals surface area contributed by atoms with E-state index in [1.54, 1.807) is 146 Å². The van der Waals surface area contributed by atoms with Gasteiger partial charge in [0.25, 0.3) is 5.91 Å². The molecule has 0 fully saturated rings. The molecule has 5 heterocycles. The fraction of sp³-hybridized carbons (Fsp3) is 0. The summed E-state index contributed by atoms with van der Waals surface area (Å²) in [6.45, 7) is 0. The number of carbonyl (C=O) groups excluding carboxylic acids is 4. The minimum atomic E-state index is -0.560. The molecule has 8 nitrogen and oxygen atoms in total. The summed E-state index contributed by atoms with van der Waals surface area (Å²) >= 11 is 0. The Kier molecular flexibility index (Phi) is 8.60. The number of carbonyl (C=O) groups is 4. The monoisotopic (exact) mass is 726 g/mol. The van der Waals surface area contributed by atoms with Crippen LogP contribution in [0.2, 0.25) is 0 Å². The van der Waals surface area contributed by atoms with Gasteiger partial charge in [-0.25, -0.2) is 9.97 Å². The van der Waals surface area contributed by atoms with Crippen LogP contribution in [0.3, 0.4) is 0 Å². The molecular weight excluding hydrogens is 697 g/mol. The lowest BCUT2D eigenvalue weighted by atomic mass is 9.92. The van der Waals surface area contributed by atoms with Gasteiger partial charge in [-0.1, -0.05) is 109 Å². The Bertz CT molecular complexity index is 2960. The van der Waals surface area contributed by atoms with Crippen LogP contribution in [0.1, 0.15) is 80.9 Å². The quantitative estimate of drug-likeness (QED) is 0.164. The molecule has 266 valence electrons. The van der Waals surface area contributed by atoms with Gasteiger partial charge in [0, 0.05) is 33.3 Å². The van der Waals surface area contributed by atoms with Crippen molar-refractivity contribution in [1.29, 1.82) is 0 Å². The summed E-state index contributed by atoms with van der Waals surface area (Å²) < 4.78 is 1.33. The Morgan fingerprint density at radius 3 is 1.39 bits per heavy atom. The van der Waals surface area contributed by atoms with E-state index < -0.39 is 23.3 Å². The summed E-state index contributed by atoms with van der Waals surface area (Å²) in [5.41, 5.74) is 4.36. The van der Waals surface area contributed by atoms with Crippen molar-refractivity contribution in [3.63, 3.8) is 0 Å². The van der Waals surface area contributed by atoms with Crippen molar-refractivity contribution in [2.24, 2.45) is 0 Å². The number of nitrogens with one attached hydrogen (secondary N) is 1. The summed E-state index contributed by atoms with van der Waals surface area (Å²) in [5.74, 6) is -2.11. The predicted octanol–water partition coefficient (Wildman–Crippen LogP) is 9.51. The van der Waals surface area contributed by atoms with Crippen LogP contribution in [0.25, 0.3) is 46.4 Å². The predicted molar refractivity (Wildman–Crippen MR) is 218 cm³/mol. The van der Waals surface area contributed by atoms with Gasteiger partial charge in [0.2, 0.25) is 0 Å². The number of fused-ring (bicyclic) bond motifs is 8. The molecule has 2 aliphatic heterocycles. The number of H-pyrrole nitrogens is 1. The first-order valence-corrected chi connectivity index (χ1v) is 18.0. The fourth-order valence-electron chi connectivity index (χ4n) is 7.09. The molecule has 4 aromatic carbocycles. The highest BCUT2D eigenvalue weighted by Gasteiger charge is 2.34. The molecule has 7 aromatic rings. The maximum Gasteiger partial charge on any atom is 0.262 e. The van der Waals surface area contributed by atoms with E-state index >= 15 is 19.2 Å². The largest absolute Gasteiger partial charge is 0.355 e. The highest BCUT2D eigenvalue weighted by atomic mass is 16.2. The maximum atomic E-state index is 15.3. The van der Waals surface area contributed by atoms with Crippen molar-refractivity contribution in [3.05, 3.63) is 213 Å². The summed E-state index contributed by atoms with van der Waals surface area (Å²) in [6, 6.07) is 43.5. The van der Waals surface area contributed by atoms with Crippen LogP contribution in [-0.4, -0.2) is 42.8 Å². The van der Waals surface area contributed by atoms with E-state index in [2.05, 4.69) is 4.98 Å². The van der Waals surface area contributed by atoms with E-state index in [1.165, 1.54) is 4.57 Å². The van der Waals surface area contributed by atoms with E-state index in [9.17, 15) is 0 Å². The number of aromatic amines is 1. The standard InChI is InChI=1S/C48H30N4O4/c53-45(30-13-5-1-6-14-30)41-39-26-25-37(51-39)28-36-22-21-34(49-36)27-35-23-24-38(50-35)29-40-42(46(54)31-15-7-2-8-16-31)43(47(55)32-17-9-3-10-18-32)44(41)52(40)48(56)33-19-11-4-12-20-33/h1-29,49H. The van der Waals surface area contributed by atoms with Crippen LogP contribution in [0, 0.1) is 0 Å². The van der Waals surface area contributed by atoms with Crippen molar-refractivity contribution < 1.29 is 19.2 Å². The van der Waals surface area contributed by atoms with Gasteiger partial charge in [-0.15, -0.1) is 0 Å². The second-order valence-electron chi connectivity index (χ2n) is 13.3. The Morgan fingerprint density at radius 1 is 0.429 bits per heavy atom. The Hall–Kier alpha value is -7.84. The average Bonchev–Trinajstić information content (AvgIpc) is 4.06. The highest BCUT2D eigenvalue weighted by Crippen LogP contribution is 2.36. The lowest BCUT2D eigenvalue weighted by Crippen LogP contribution is -2.16. The smallest absolute Gasteiger partial charge is 0.262 e. The van der Waals surface area contributed by atoms with Gasteiger partial charge >= 0.3 is 0 Å². The van der Waals surface area contributed by atoms with Crippen LogP contribution >= 0.6 is 0 Å². The topological polar surface area (TPSA) is 115 Å². The lowest BCUT2D eigenvalue weighted by Gasteiger charge is -2.11. The molecule has 8 heteroatoms. The number of nitrogens with zero attached hydrogens (tertiary/aromatic N) is 3. The second-order valence-corrected chi connectivity index (χ2v) is 13.3. The summed E-state index contributed by atoms with van der Waals surface area (Å²) in [7, 11) is 0. The lowest BCUT2D eigenvalue weighted by molar-refractivity contribution is 0.0969. The van der Waals surface area contributed by atoms with Gasteiger partial charge < -0.3 is 4.98 Å². The van der Waals surface area contributed by atoms with Gasteiger partial charge in [-0.05, 0) is 66.8 Å². The van der Waals surface area contributed by atoms with Crippen LogP contribution in [0.5, 0.6) is 0 Å². The van der Waals surface area contributed by atoms with Crippen molar-refractivity contribution >= 4 is 69.6 Å². The van der Waals surface area contributed by atoms with Crippen LogP contribution in [0.4, 0.5) is 0 Å². The number of ketones is 3. The number of rotatable bonds is 7. The zero-order valence-corrected chi connectivity index (χ0v) is 29.7. The Labute approximate surface area is 320 Å². The summed E-state index contributed by atoms with van der Waals surface area (Å²) in [6.07, 6.45) is 7.08. The minimum absolute atomic E-state index is 0.0232. The molecule has 56 heavy (non-hydrogen) atoms. The molecule has 0 saturated heterocycles. The first-order valence-electron chi connectivity index (χ1n) is 18.0. The molecule has 0 atom stereocenters. The highest BCUT2D eigenvalue weighted by molar-refractivity contribution is 6.31. The molecule has 0 amide bonds. The molecule has 8 bridgehead atoms. The third-order valence-corrected chi connectivity index (χ3v) is 9.68. The van der Waals surface area contributed by atoms with Gasteiger partial charge in [-0.3, -0.25) is 23.7 Å². The van der Waals surface area contributed by atoms with E-state index in [-0.39, 0.29) is 50.1 Å². The second kappa shape index (κ2) is 14.2. The number of hydrogen-bond acceptors (Lipinski definition) is 6. The van der Waals surface area contributed by atoms with Crippen molar-refractivity contribution in [2.75, 3.05) is 0 Å². The van der Waals surface area contributed by atoms with Crippen molar-refractivity contribution in [3.8, 4) is 0 Å². The number of hydrogen-bond donors (Lipinski definition) is 1. The molecule has 0 saturated carbocycles. The molecule has 0 radical (unpaired) electrons. The normalized spacial score (nSPS) is 11.7. The molecular formula is C48H30N4O4. The molecule has 9 rings (SSSR count). The Morgan fingerprint density at radius 2 is 0.857 bits per heavy atom. The molecule has 1 N–H and O–H groups in total. The Balaban J connectivity index is 1.57. The first-order chi connectivity index (χ1) is 27.4. The molecule has 0 unspecified atom stereocenters. The third kappa shape index (κ3) is 6.21. The van der Waals surface area contributed by atoms with E-state index in [0.717, 1.165) is 11.0 Å². The van der Waals surface area contributed by atoms with Crippen molar-refractivity contribution in [2.45, 2.75) is 0 Å². The fourth-order valence-corrected chi connectivity index (χ4v) is 7.09. The average molecular weight is 727 g/mol. The SMILES string of the molecule is O=C(c1ccccc1)c1c(C(=O)c2ccccc2)c2c(C(=O)c3ccccc3)c3nc(cc4ccc(cc5nc(cc1n2C(=O)c1ccccc1)C=C5)[nH]4)C=C3. The molecule has 3 aromatic heterocycles. The van der Waals surface area contributed by atoms with Crippen LogP contribution in [0.15, 0.2) is 152 Å². The van der Waals surface area contributed by atoms with Crippen LogP contribution < -0.4 is 0 Å².